The Labute approximate surface area is 146 Å². The van der Waals surface area contributed by atoms with Gasteiger partial charge in [-0.3, -0.25) is 0 Å². The Balaban J connectivity index is 2.10. The Morgan fingerprint density at radius 3 is 2.40 bits per heavy atom. The zero-order chi connectivity index (χ0) is 18.2. The number of fused-ring (bicyclic) bond motifs is 1. The van der Waals surface area contributed by atoms with Gasteiger partial charge < -0.3 is 15.8 Å². The zero-order valence-electron chi connectivity index (χ0n) is 13.0. The fourth-order valence-electron chi connectivity index (χ4n) is 2.38. The number of nitrogens with one attached hydrogen (secondary N) is 1. The zero-order valence-corrected chi connectivity index (χ0v) is 13.7. The number of rotatable bonds is 3. The molecule has 3 rings (SSSR count). The Morgan fingerprint density at radius 1 is 1.12 bits per heavy atom. The minimum atomic E-state index is -4.46. The molecular formula is C17H13ClF3N3O. The van der Waals surface area contributed by atoms with Crippen molar-refractivity contribution in [2.24, 2.45) is 0 Å². The summed E-state index contributed by atoms with van der Waals surface area (Å²) in [5, 5.41) is 3.45. The summed E-state index contributed by atoms with van der Waals surface area (Å²) in [5.41, 5.74) is 6.50. The third kappa shape index (κ3) is 3.41. The van der Waals surface area contributed by atoms with Crippen molar-refractivity contribution in [3.05, 3.63) is 53.2 Å². The van der Waals surface area contributed by atoms with Gasteiger partial charge in [-0.25, -0.2) is 4.98 Å². The van der Waals surface area contributed by atoms with Gasteiger partial charge in [-0.15, -0.1) is 0 Å². The van der Waals surface area contributed by atoms with Gasteiger partial charge in [0.15, 0.2) is 5.15 Å². The topological polar surface area (TPSA) is 60.2 Å². The van der Waals surface area contributed by atoms with Crippen LogP contribution in [0.1, 0.15) is 5.56 Å². The number of alkyl halides is 3. The van der Waals surface area contributed by atoms with Crippen LogP contribution in [0.15, 0.2) is 42.5 Å². The highest BCUT2D eigenvalue weighted by atomic mass is 35.5. The molecule has 0 atom stereocenters. The lowest BCUT2D eigenvalue weighted by atomic mass is 10.1. The standard InChI is InChI=1S/C17H13ClF3N3O/c1-25-11-5-3-10(4-6-11)23-15-12-7-2-9(17(19,20)21)8-13(12)24-16(18)14(15)22/h2-8H,22H2,1H3,(H,23,24). The van der Waals surface area contributed by atoms with Crippen molar-refractivity contribution in [3.63, 3.8) is 0 Å². The number of halogens is 4. The molecular weight excluding hydrogens is 355 g/mol. The molecule has 0 spiro atoms. The molecule has 0 saturated heterocycles. The second kappa shape index (κ2) is 6.33. The molecule has 0 aliphatic heterocycles. The van der Waals surface area contributed by atoms with Crippen LogP contribution in [0.5, 0.6) is 5.75 Å². The molecule has 4 nitrogen and oxygen atoms in total. The number of ether oxygens (including phenoxy) is 1. The van der Waals surface area contributed by atoms with Crippen LogP contribution in [-0.2, 0) is 6.18 Å². The minimum absolute atomic E-state index is 0.0668. The Hall–Kier alpha value is -2.67. The van der Waals surface area contributed by atoms with E-state index in [0.29, 0.717) is 22.5 Å². The van der Waals surface area contributed by atoms with Crippen LogP contribution >= 0.6 is 11.6 Å². The van der Waals surface area contributed by atoms with Gasteiger partial charge in [0, 0.05) is 11.1 Å². The summed E-state index contributed by atoms with van der Waals surface area (Å²) in [7, 11) is 1.55. The monoisotopic (exact) mass is 367 g/mol. The predicted octanol–water partition coefficient (Wildman–Crippen LogP) is 5.24. The number of nitrogens with zero attached hydrogens (tertiary/aromatic N) is 1. The largest absolute Gasteiger partial charge is 0.497 e. The van der Waals surface area contributed by atoms with E-state index in [1.807, 2.05) is 0 Å². The Morgan fingerprint density at radius 2 is 1.80 bits per heavy atom. The molecule has 0 radical (unpaired) electrons. The molecule has 1 heterocycles. The minimum Gasteiger partial charge on any atom is -0.497 e. The van der Waals surface area contributed by atoms with Crippen molar-refractivity contribution >= 4 is 39.6 Å². The molecule has 0 aliphatic rings. The third-order valence-electron chi connectivity index (χ3n) is 3.66. The molecule has 0 saturated carbocycles. The van der Waals surface area contributed by atoms with Gasteiger partial charge in [0.2, 0.25) is 0 Å². The van der Waals surface area contributed by atoms with E-state index in [1.54, 1.807) is 31.4 Å². The molecule has 130 valence electrons. The number of benzene rings is 2. The lowest BCUT2D eigenvalue weighted by Gasteiger charge is -2.15. The van der Waals surface area contributed by atoms with E-state index in [4.69, 9.17) is 22.1 Å². The van der Waals surface area contributed by atoms with Crippen LogP contribution < -0.4 is 15.8 Å². The summed E-state index contributed by atoms with van der Waals surface area (Å²) in [4.78, 5) is 3.96. The van der Waals surface area contributed by atoms with Crippen LogP contribution in [0, 0.1) is 0 Å². The highest BCUT2D eigenvalue weighted by Gasteiger charge is 2.31. The van der Waals surface area contributed by atoms with Gasteiger partial charge in [-0.2, -0.15) is 13.2 Å². The van der Waals surface area contributed by atoms with E-state index in [9.17, 15) is 13.2 Å². The molecule has 25 heavy (non-hydrogen) atoms. The fourth-order valence-corrected chi connectivity index (χ4v) is 2.56. The van der Waals surface area contributed by atoms with Gasteiger partial charge in [0.1, 0.15) is 5.75 Å². The maximum Gasteiger partial charge on any atom is 0.416 e. The first kappa shape index (κ1) is 17.2. The van der Waals surface area contributed by atoms with Gasteiger partial charge in [0.05, 0.1) is 29.6 Å². The van der Waals surface area contributed by atoms with Crippen LogP contribution in [0.3, 0.4) is 0 Å². The highest BCUT2D eigenvalue weighted by Crippen LogP contribution is 2.38. The Kier molecular flexibility index (Phi) is 4.34. The third-order valence-corrected chi connectivity index (χ3v) is 3.95. The molecule has 3 N–H and O–H groups in total. The van der Waals surface area contributed by atoms with Crippen molar-refractivity contribution in [2.45, 2.75) is 6.18 Å². The quantitative estimate of drug-likeness (QED) is 0.621. The molecule has 2 aromatic carbocycles. The Bertz CT molecular complexity index is 927. The van der Waals surface area contributed by atoms with Crippen molar-refractivity contribution in [2.75, 3.05) is 18.2 Å². The first-order valence-corrected chi connectivity index (χ1v) is 7.54. The number of nitrogens with two attached hydrogens (primary N) is 1. The average molecular weight is 368 g/mol. The smallest absolute Gasteiger partial charge is 0.416 e. The summed E-state index contributed by atoms with van der Waals surface area (Å²) in [6.07, 6.45) is -4.46. The van der Waals surface area contributed by atoms with E-state index >= 15 is 0 Å². The van der Waals surface area contributed by atoms with Crippen LogP contribution in [-0.4, -0.2) is 12.1 Å². The first-order valence-electron chi connectivity index (χ1n) is 7.16. The molecule has 0 aliphatic carbocycles. The number of methoxy groups -OCH3 is 1. The normalized spacial score (nSPS) is 11.6. The number of hydrogen-bond donors (Lipinski definition) is 2. The summed E-state index contributed by atoms with van der Waals surface area (Å²) in [6, 6.07) is 10.2. The van der Waals surface area contributed by atoms with E-state index in [2.05, 4.69) is 10.3 Å². The van der Waals surface area contributed by atoms with Crippen molar-refractivity contribution < 1.29 is 17.9 Å². The molecule has 8 heteroatoms. The summed E-state index contributed by atoms with van der Waals surface area (Å²) < 4.78 is 43.8. The number of aromatic nitrogens is 1. The number of nitrogen functional groups attached to an aromatic ring is 1. The molecule has 1 aromatic heterocycles. The van der Waals surface area contributed by atoms with E-state index in [0.717, 1.165) is 12.1 Å². The second-order valence-corrected chi connectivity index (χ2v) is 5.63. The van der Waals surface area contributed by atoms with Gasteiger partial charge >= 0.3 is 6.18 Å². The molecule has 0 bridgehead atoms. The number of anilines is 3. The van der Waals surface area contributed by atoms with E-state index in [1.165, 1.54) is 6.07 Å². The predicted molar refractivity (Wildman–Crippen MR) is 92.4 cm³/mol. The maximum absolute atomic E-state index is 12.9. The summed E-state index contributed by atoms with van der Waals surface area (Å²) >= 11 is 6.00. The first-order chi connectivity index (χ1) is 11.8. The van der Waals surface area contributed by atoms with Crippen molar-refractivity contribution in [1.82, 2.24) is 4.98 Å². The molecule has 3 aromatic rings. The number of hydrogen-bond acceptors (Lipinski definition) is 4. The van der Waals surface area contributed by atoms with Crippen LogP contribution in [0.4, 0.5) is 30.2 Å². The van der Waals surface area contributed by atoms with Crippen molar-refractivity contribution in [1.29, 1.82) is 0 Å². The summed E-state index contributed by atoms with van der Waals surface area (Å²) in [6.45, 7) is 0. The SMILES string of the molecule is COc1ccc(Nc2c(N)c(Cl)nc3cc(C(F)(F)F)ccc23)cc1. The molecule has 0 fully saturated rings. The molecule has 0 amide bonds. The van der Waals surface area contributed by atoms with Gasteiger partial charge in [-0.1, -0.05) is 17.7 Å². The van der Waals surface area contributed by atoms with Crippen LogP contribution in [0.25, 0.3) is 10.9 Å². The lowest BCUT2D eigenvalue weighted by Crippen LogP contribution is -2.06. The highest BCUT2D eigenvalue weighted by molar-refractivity contribution is 6.33. The van der Waals surface area contributed by atoms with E-state index in [-0.39, 0.29) is 16.4 Å². The maximum atomic E-state index is 12.9. The fraction of sp³-hybridized carbons (Fsp3) is 0.118. The van der Waals surface area contributed by atoms with Crippen molar-refractivity contribution in [3.8, 4) is 5.75 Å². The van der Waals surface area contributed by atoms with Gasteiger partial charge in [0.25, 0.3) is 0 Å². The van der Waals surface area contributed by atoms with E-state index < -0.39 is 11.7 Å². The molecule has 0 unspecified atom stereocenters. The number of pyridine rings is 1. The summed E-state index contributed by atoms with van der Waals surface area (Å²) in [5.74, 6) is 0.672. The lowest BCUT2D eigenvalue weighted by molar-refractivity contribution is -0.137. The average Bonchev–Trinajstić information content (AvgIpc) is 2.58. The second-order valence-electron chi connectivity index (χ2n) is 5.27. The van der Waals surface area contributed by atoms with Crippen LogP contribution in [0.2, 0.25) is 5.15 Å². The van der Waals surface area contributed by atoms with Gasteiger partial charge in [-0.05, 0) is 36.4 Å².